The van der Waals surface area contributed by atoms with Gasteiger partial charge in [-0.2, -0.15) is 0 Å². The Morgan fingerprint density at radius 2 is 1.68 bits per heavy atom. The third-order valence-corrected chi connectivity index (χ3v) is 3.56. The maximum absolute atomic E-state index is 12.0. The molecule has 0 aliphatic heterocycles. The van der Waals surface area contributed by atoms with Crippen LogP contribution in [0.4, 0.5) is 11.4 Å². The van der Waals surface area contributed by atoms with Gasteiger partial charge in [-0.1, -0.05) is 23.7 Å². The van der Waals surface area contributed by atoms with Gasteiger partial charge in [0.2, 0.25) is 17.7 Å². The van der Waals surface area contributed by atoms with Crippen LogP contribution in [0.15, 0.2) is 42.5 Å². The van der Waals surface area contributed by atoms with E-state index in [9.17, 15) is 14.4 Å². The van der Waals surface area contributed by atoms with Crippen molar-refractivity contribution in [3.05, 3.63) is 53.1 Å². The Kier molecular flexibility index (Phi) is 5.97. The third-order valence-electron chi connectivity index (χ3n) is 3.23. The smallest absolute Gasteiger partial charge is 0.248 e. The van der Waals surface area contributed by atoms with Gasteiger partial charge in [-0.15, -0.1) is 0 Å². The summed E-state index contributed by atoms with van der Waals surface area (Å²) in [6.45, 7) is 0. The highest BCUT2D eigenvalue weighted by molar-refractivity contribution is 6.34. The van der Waals surface area contributed by atoms with E-state index in [2.05, 4.69) is 10.6 Å². The second-order valence-corrected chi connectivity index (χ2v) is 5.44. The lowest BCUT2D eigenvalue weighted by Gasteiger charge is -2.11. The van der Waals surface area contributed by atoms with E-state index in [1.165, 1.54) is 25.3 Å². The molecule has 0 radical (unpaired) electrons. The van der Waals surface area contributed by atoms with Crippen LogP contribution in [0.1, 0.15) is 16.8 Å². The number of primary amides is 1. The molecular weight excluding hydrogens is 346 g/mol. The second kappa shape index (κ2) is 8.16. The summed E-state index contributed by atoms with van der Waals surface area (Å²) in [5, 5.41) is 5.30. The van der Waals surface area contributed by atoms with Crippen LogP contribution in [-0.4, -0.2) is 24.8 Å². The number of para-hydroxylation sites is 2. The molecule has 0 bridgehead atoms. The molecule has 8 heteroatoms. The Hall–Kier alpha value is -3.06. The van der Waals surface area contributed by atoms with Crippen LogP contribution >= 0.6 is 11.6 Å². The van der Waals surface area contributed by atoms with Crippen molar-refractivity contribution in [1.29, 1.82) is 0 Å². The second-order valence-electron chi connectivity index (χ2n) is 5.03. The molecule has 0 spiro atoms. The van der Waals surface area contributed by atoms with E-state index in [0.717, 1.165) is 0 Å². The highest BCUT2D eigenvalue weighted by Crippen LogP contribution is 2.24. The van der Waals surface area contributed by atoms with Crippen molar-refractivity contribution in [3.8, 4) is 5.75 Å². The summed E-state index contributed by atoms with van der Waals surface area (Å²) in [6.07, 6.45) is -0.435. The third kappa shape index (κ3) is 4.95. The average Bonchev–Trinajstić information content (AvgIpc) is 2.56. The maximum atomic E-state index is 12.0. The predicted molar refractivity (Wildman–Crippen MR) is 94.8 cm³/mol. The summed E-state index contributed by atoms with van der Waals surface area (Å²) in [5.41, 5.74) is 6.04. The summed E-state index contributed by atoms with van der Waals surface area (Å²) in [7, 11) is 1.48. The van der Waals surface area contributed by atoms with Gasteiger partial charge in [0, 0.05) is 5.56 Å². The molecule has 25 heavy (non-hydrogen) atoms. The summed E-state index contributed by atoms with van der Waals surface area (Å²) in [4.78, 5) is 35.2. The largest absolute Gasteiger partial charge is 0.495 e. The molecule has 0 aromatic heterocycles. The van der Waals surface area contributed by atoms with Crippen LogP contribution in [0.3, 0.4) is 0 Å². The fourth-order valence-corrected chi connectivity index (χ4v) is 2.22. The molecule has 0 unspecified atom stereocenters. The van der Waals surface area contributed by atoms with Gasteiger partial charge < -0.3 is 21.1 Å². The van der Waals surface area contributed by atoms with Crippen molar-refractivity contribution in [2.75, 3.05) is 17.7 Å². The van der Waals surface area contributed by atoms with E-state index >= 15 is 0 Å². The first kappa shape index (κ1) is 18.3. The zero-order valence-corrected chi connectivity index (χ0v) is 14.1. The Morgan fingerprint density at radius 1 is 1.04 bits per heavy atom. The van der Waals surface area contributed by atoms with Crippen LogP contribution in [0.2, 0.25) is 5.02 Å². The number of anilines is 2. The number of carbonyl (C=O) groups excluding carboxylic acids is 3. The molecule has 0 aliphatic rings. The fourth-order valence-electron chi connectivity index (χ4n) is 2.06. The molecule has 3 amide bonds. The topological polar surface area (TPSA) is 111 Å². The molecule has 4 N–H and O–H groups in total. The predicted octanol–water partition coefficient (Wildman–Crippen LogP) is 2.41. The molecule has 2 aromatic carbocycles. The van der Waals surface area contributed by atoms with Gasteiger partial charge in [0.15, 0.2) is 0 Å². The molecule has 130 valence electrons. The Bertz CT molecular complexity index is 823. The van der Waals surface area contributed by atoms with Gasteiger partial charge in [0.1, 0.15) is 12.2 Å². The van der Waals surface area contributed by atoms with E-state index in [1.807, 2.05) is 0 Å². The molecule has 2 rings (SSSR count). The molecule has 0 aliphatic carbocycles. The monoisotopic (exact) mass is 361 g/mol. The first-order valence-electron chi connectivity index (χ1n) is 7.22. The van der Waals surface area contributed by atoms with Crippen LogP contribution in [-0.2, 0) is 9.59 Å². The molecule has 0 fully saturated rings. The van der Waals surface area contributed by atoms with Crippen molar-refractivity contribution in [1.82, 2.24) is 0 Å². The molecule has 7 nitrogen and oxygen atoms in total. The van der Waals surface area contributed by atoms with E-state index < -0.39 is 24.1 Å². The number of nitrogens with two attached hydrogens (primary N) is 1. The van der Waals surface area contributed by atoms with Gasteiger partial charge in [0.05, 0.1) is 23.5 Å². The van der Waals surface area contributed by atoms with Crippen LogP contribution in [0.5, 0.6) is 5.75 Å². The minimum atomic E-state index is -0.652. The summed E-state index contributed by atoms with van der Waals surface area (Å²) >= 11 is 5.97. The number of carbonyl (C=O) groups is 3. The van der Waals surface area contributed by atoms with Gasteiger partial charge in [-0.25, -0.2) is 0 Å². The lowest BCUT2D eigenvalue weighted by atomic mass is 10.2. The number of rotatable bonds is 6. The van der Waals surface area contributed by atoms with Gasteiger partial charge in [-0.3, -0.25) is 14.4 Å². The lowest BCUT2D eigenvalue weighted by molar-refractivity contribution is -0.123. The van der Waals surface area contributed by atoms with Crippen LogP contribution < -0.4 is 21.1 Å². The zero-order valence-electron chi connectivity index (χ0n) is 13.3. The average molecular weight is 362 g/mol. The van der Waals surface area contributed by atoms with Crippen molar-refractivity contribution >= 4 is 40.7 Å². The van der Waals surface area contributed by atoms with Crippen molar-refractivity contribution in [3.63, 3.8) is 0 Å². The number of halogens is 1. The highest BCUT2D eigenvalue weighted by atomic mass is 35.5. The first-order valence-corrected chi connectivity index (χ1v) is 7.60. The number of hydrogen-bond acceptors (Lipinski definition) is 4. The van der Waals surface area contributed by atoms with E-state index in [4.69, 9.17) is 22.1 Å². The Labute approximate surface area is 149 Å². The molecule has 0 atom stereocenters. The first-order chi connectivity index (χ1) is 11.9. The summed E-state index contributed by atoms with van der Waals surface area (Å²) in [6, 6.07) is 11.1. The summed E-state index contributed by atoms with van der Waals surface area (Å²) in [5.74, 6) is -1.28. The van der Waals surface area contributed by atoms with Gasteiger partial charge in [0.25, 0.3) is 0 Å². The number of hydrogen-bond donors (Lipinski definition) is 3. The van der Waals surface area contributed by atoms with Crippen molar-refractivity contribution < 1.29 is 19.1 Å². The number of benzene rings is 2. The van der Waals surface area contributed by atoms with Crippen LogP contribution in [0.25, 0.3) is 0 Å². The van der Waals surface area contributed by atoms with E-state index in [0.29, 0.717) is 11.4 Å². The molecule has 2 aromatic rings. The SMILES string of the molecule is COc1ccccc1NC(=O)CC(=O)Nc1cc(C(N)=O)ccc1Cl. The molecule has 0 heterocycles. The minimum absolute atomic E-state index is 0.193. The minimum Gasteiger partial charge on any atom is -0.495 e. The van der Waals surface area contributed by atoms with Gasteiger partial charge in [-0.05, 0) is 30.3 Å². The lowest BCUT2D eigenvalue weighted by Crippen LogP contribution is -2.22. The maximum Gasteiger partial charge on any atom is 0.248 e. The quantitative estimate of drug-likeness (QED) is 0.686. The van der Waals surface area contributed by atoms with E-state index in [-0.39, 0.29) is 16.3 Å². The Balaban J connectivity index is 2.01. The zero-order chi connectivity index (χ0) is 18.4. The summed E-state index contributed by atoms with van der Waals surface area (Å²) < 4.78 is 5.12. The molecule has 0 saturated carbocycles. The van der Waals surface area contributed by atoms with Crippen molar-refractivity contribution in [2.45, 2.75) is 6.42 Å². The number of ether oxygens (including phenoxy) is 1. The number of amides is 3. The van der Waals surface area contributed by atoms with Crippen LogP contribution in [0, 0.1) is 0 Å². The Morgan fingerprint density at radius 3 is 2.32 bits per heavy atom. The number of methoxy groups -OCH3 is 1. The standard InChI is InChI=1S/C17H16ClN3O4/c1-25-14-5-3-2-4-12(14)20-15(22)9-16(23)21-13-8-10(17(19)24)6-7-11(13)18/h2-8H,9H2,1H3,(H2,19,24)(H,20,22)(H,21,23). The van der Waals surface area contributed by atoms with Crippen molar-refractivity contribution in [2.24, 2.45) is 5.73 Å². The van der Waals surface area contributed by atoms with Gasteiger partial charge >= 0.3 is 0 Å². The molecule has 0 saturated heterocycles. The number of nitrogens with one attached hydrogen (secondary N) is 2. The fraction of sp³-hybridized carbons (Fsp3) is 0.118. The normalized spacial score (nSPS) is 10.0. The highest BCUT2D eigenvalue weighted by Gasteiger charge is 2.14. The molecular formula is C17H16ClN3O4. The van der Waals surface area contributed by atoms with E-state index in [1.54, 1.807) is 24.3 Å².